The maximum absolute atomic E-state index is 14.3. The van der Waals surface area contributed by atoms with Crippen LogP contribution < -0.4 is 65.9 Å². The van der Waals surface area contributed by atoms with Gasteiger partial charge in [0.25, 0.3) is 0 Å². The standard InChI is InChI=1S/C43H70N12O14/c1-5-22(4)35(42(67)54-34(21(2)3)41(66)51-28(43(68)69)14-16-32(47)59)55-38(63)26(8-6-7-17-44)50-39(64)29(18-23-9-11-24(57)12-10-23)52-40(65)30(19-33(48)60)53-37(62)27(13-15-31(46)58)49-36(61)25(45)20-56/h9-12,21-22,25-30,34-35,56-57H,5-8,13-20,44-45H2,1-4H3,(H2,46,58)(H2,47,59)(H2,48,60)(H,49,61)(H,50,64)(H,51,66)(H,52,65)(H,53,62)(H,54,67)(H,55,63)(H,68,69)/t22-,25-,26-,27-,28-,29-,30-,34-,35-/m0/s1. The predicted molar refractivity (Wildman–Crippen MR) is 246 cm³/mol. The number of carbonyl (C=O) groups excluding carboxylic acids is 10. The lowest BCUT2D eigenvalue weighted by molar-refractivity contribution is -0.143. The summed E-state index contributed by atoms with van der Waals surface area (Å²) in [7, 11) is 0. The van der Waals surface area contributed by atoms with E-state index in [2.05, 4.69) is 37.2 Å². The van der Waals surface area contributed by atoms with E-state index in [1.165, 1.54) is 24.3 Å². The van der Waals surface area contributed by atoms with Gasteiger partial charge in [0, 0.05) is 19.3 Å². The van der Waals surface area contributed by atoms with Gasteiger partial charge in [-0.25, -0.2) is 4.79 Å². The number of carboxylic acid groups (broad SMARTS) is 1. The van der Waals surface area contributed by atoms with E-state index in [0.717, 1.165) is 0 Å². The highest BCUT2D eigenvalue weighted by Crippen LogP contribution is 2.15. The molecular weight excluding hydrogens is 909 g/mol. The Morgan fingerprint density at radius 1 is 0.565 bits per heavy atom. The summed E-state index contributed by atoms with van der Waals surface area (Å²) in [5.41, 5.74) is 27.5. The van der Waals surface area contributed by atoms with E-state index >= 15 is 0 Å². The Morgan fingerprint density at radius 2 is 1.01 bits per heavy atom. The van der Waals surface area contributed by atoms with Crippen molar-refractivity contribution in [2.75, 3.05) is 13.2 Å². The van der Waals surface area contributed by atoms with Crippen molar-refractivity contribution in [1.29, 1.82) is 0 Å². The largest absolute Gasteiger partial charge is 0.508 e. The fraction of sp³-hybridized carbons (Fsp3) is 0.605. The van der Waals surface area contributed by atoms with Crippen LogP contribution in [0.15, 0.2) is 24.3 Å². The number of aliphatic hydroxyl groups is 1. The summed E-state index contributed by atoms with van der Waals surface area (Å²) in [4.78, 5) is 143. The van der Waals surface area contributed by atoms with Crippen molar-refractivity contribution < 1.29 is 68.1 Å². The van der Waals surface area contributed by atoms with Gasteiger partial charge in [-0.15, -0.1) is 0 Å². The molecule has 0 unspecified atom stereocenters. The number of aliphatic hydroxyl groups excluding tert-OH is 1. The summed E-state index contributed by atoms with van der Waals surface area (Å²) in [5, 5.41) is 46.0. The van der Waals surface area contributed by atoms with Gasteiger partial charge in [0.1, 0.15) is 54.1 Å². The fourth-order valence-corrected chi connectivity index (χ4v) is 6.52. The highest BCUT2D eigenvalue weighted by atomic mass is 16.4. The van der Waals surface area contributed by atoms with Gasteiger partial charge in [-0.2, -0.15) is 0 Å². The summed E-state index contributed by atoms with van der Waals surface area (Å²) in [5.74, 6) is -12.3. The van der Waals surface area contributed by atoms with Crippen LogP contribution in [0.3, 0.4) is 0 Å². The Labute approximate surface area is 399 Å². The number of rotatable bonds is 33. The number of primary amides is 3. The number of carboxylic acids is 1. The van der Waals surface area contributed by atoms with Crippen molar-refractivity contribution in [3.63, 3.8) is 0 Å². The maximum Gasteiger partial charge on any atom is 0.326 e. The van der Waals surface area contributed by atoms with E-state index < -0.39 is 151 Å². The quantitative estimate of drug-likeness (QED) is 0.0293. The zero-order chi connectivity index (χ0) is 52.5. The normalized spacial score (nSPS) is 15.0. The lowest BCUT2D eigenvalue weighted by Gasteiger charge is -2.30. The molecule has 0 bridgehead atoms. The number of aliphatic carboxylic acids is 1. The maximum atomic E-state index is 14.3. The van der Waals surface area contributed by atoms with E-state index in [-0.39, 0.29) is 44.4 Å². The van der Waals surface area contributed by atoms with Gasteiger partial charge in [-0.05, 0) is 68.2 Å². The third kappa shape index (κ3) is 22.2. The Balaban J connectivity index is 3.59. The number of nitrogens with one attached hydrogen (secondary N) is 7. The van der Waals surface area contributed by atoms with Gasteiger partial charge in [0.15, 0.2) is 0 Å². The van der Waals surface area contributed by atoms with Crippen LogP contribution in [-0.4, -0.2) is 142 Å². The van der Waals surface area contributed by atoms with Crippen molar-refractivity contribution in [1.82, 2.24) is 37.2 Å². The monoisotopic (exact) mass is 979 g/mol. The molecular formula is C43H70N12O14. The second kappa shape index (κ2) is 30.5. The average molecular weight is 979 g/mol. The van der Waals surface area contributed by atoms with Gasteiger partial charge >= 0.3 is 5.97 Å². The Morgan fingerprint density at radius 3 is 1.52 bits per heavy atom. The van der Waals surface area contributed by atoms with E-state index in [4.69, 9.17) is 28.7 Å². The summed E-state index contributed by atoms with van der Waals surface area (Å²) in [6, 6.07) is -6.49. The highest BCUT2D eigenvalue weighted by Gasteiger charge is 2.36. The first kappa shape index (κ1) is 60.1. The molecule has 10 amide bonds. The van der Waals surface area contributed by atoms with Crippen molar-refractivity contribution in [3.05, 3.63) is 29.8 Å². The number of amides is 10. The molecule has 0 saturated heterocycles. The minimum atomic E-state index is -1.80. The number of aromatic hydroxyl groups is 1. The average Bonchev–Trinajstić information content (AvgIpc) is 3.28. The van der Waals surface area contributed by atoms with Crippen LogP contribution in [0.1, 0.15) is 91.0 Å². The zero-order valence-corrected chi connectivity index (χ0v) is 39.3. The molecule has 0 saturated carbocycles. The summed E-state index contributed by atoms with van der Waals surface area (Å²) in [6.45, 7) is 5.94. The second-order valence-electron chi connectivity index (χ2n) is 16.9. The van der Waals surface area contributed by atoms with E-state index in [0.29, 0.717) is 18.4 Å². The SMILES string of the molecule is CC[C@H](C)[C@H](NC(=O)[C@H](CCCCN)NC(=O)[C@H](Cc1ccc(O)cc1)NC(=O)[C@H](CC(N)=O)NC(=O)[C@H](CCC(N)=O)NC(=O)[C@@H](N)CO)C(=O)N[C@H](C(=O)N[C@@H](CCC(N)=O)C(=O)O)C(C)C. The molecule has 1 rings (SSSR count). The molecule has 0 radical (unpaired) electrons. The van der Waals surface area contributed by atoms with Crippen LogP contribution in [0.5, 0.6) is 5.75 Å². The molecule has 26 nitrogen and oxygen atoms in total. The number of phenols is 1. The van der Waals surface area contributed by atoms with Crippen LogP contribution in [0.2, 0.25) is 0 Å². The summed E-state index contributed by atoms with van der Waals surface area (Å²) >= 11 is 0. The molecule has 0 aromatic heterocycles. The molecule has 386 valence electrons. The predicted octanol–water partition coefficient (Wildman–Crippen LogP) is -5.03. The van der Waals surface area contributed by atoms with Gasteiger partial charge in [0.2, 0.25) is 59.1 Å². The lowest BCUT2D eigenvalue weighted by atomic mass is 9.95. The summed E-state index contributed by atoms with van der Waals surface area (Å²) in [6.07, 6.45) is -1.65. The topological polar surface area (TPSA) is 463 Å². The number of phenolic OH excluding ortho intramolecular Hbond substituents is 1. The van der Waals surface area contributed by atoms with Crippen LogP contribution in [0, 0.1) is 11.8 Å². The molecule has 0 aliphatic rings. The van der Waals surface area contributed by atoms with Crippen LogP contribution in [-0.2, 0) is 59.2 Å². The van der Waals surface area contributed by atoms with Crippen molar-refractivity contribution in [3.8, 4) is 5.75 Å². The molecule has 0 spiro atoms. The Kier molecular flexibility index (Phi) is 26.5. The molecule has 0 aliphatic heterocycles. The smallest absolute Gasteiger partial charge is 0.326 e. The van der Waals surface area contributed by atoms with Crippen LogP contribution in [0.4, 0.5) is 0 Å². The number of carbonyl (C=O) groups is 11. The first-order chi connectivity index (χ1) is 32.3. The van der Waals surface area contributed by atoms with Crippen LogP contribution >= 0.6 is 0 Å². The van der Waals surface area contributed by atoms with Crippen molar-refractivity contribution in [2.24, 2.45) is 40.5 Å². The number of hydrogen-bond acceptors (Lipinski definition) is 15. The fourth-order valence-electron chi connectivity index (χ4n) is 6.52. The van der Waals surface area contributed by atoms with Gasteiger partial charge in [-0.1, -0.05) is 46.2 Å². The number of benzene rings is 1. The number of nitrogens with two attached hydrogens (primary N) is 5. The Hall–Kier alpha value is -6.93. The van der Waals surface area contributed by atoms with Gasteiger partial charge in [-0.3, -0.25) is 47.9 Å². The molecule has 0 heterocycles. The van der Waals surface area contributed by atoms with Gasteiger partial charge < -0.3 is 81.2 Å². The molecule has 0 aliphatic carbocycles. The number of unbranched alkanes of at least 4 members (excludes halogenated alkanes) is 1. The van der Waals surface area contributed by atoms with Crippen molar-refractivity contribution >= 4 is 65.0 Å². The first-order valence-electron chi connectivity index (χ1n) is 22.4. The summed E-state index contributed by atoms with van der Waals surface area (Å²) < 4.78 is 0. The highest BCUT2D eigenvalue weighted by molar-refractivity contribution is 5.99. The van der Waals surface area contributed by atoms with Crippen molar-refractivity contribution in [2.45, 2.75) is 140 Å². The molecule has 1 aromatic carbocycles. The minimum Gasteiger partial charge on any atom is -0.508 e. The van der Waals surface area contributed by atoms with Crippen LogP contribution in [0.25, 0.3) is 0 Å². The van der Waals surface area contributed by atoms with E-state index in [1.807, 2.05) is 0 Å². The third-order valence-corrected chi connectivity index (χ3v) is 10.8. The molecule has 0 fully saturated rings. The molecule has 26 heteroatoms. The van der Waals surface area contributed by atoms with Gasteiger partial charge in [0.05, 0.1) is 13.0 Å². The second-order valence-corrected chi connectivity index (χ2v) is 16.9. The Bertz CT molecular complexity index is 1950. The molecule has 20 N–H and O–H groups in total. The zero-order valence-electron chi connectivity index (χ0n) is 39.3. The molecule has 69 heavy (non-hydrogen) atoms. The minimum absolute atomic E-state index is 0.0406. The van der Waals surface area contributed by atoms with E-state index in [1.54, 1.807) is 27.7 Å². The first-order valence-corrected chi connectivity index (χ1v) is 22.4. The third-order valence-electron chi connectivity index (χ3n) is 10.8. The molecule has 9 atom stereocenters. The lowest BCUT2D eigenvalue weighted by Crippen LogP contribution is -2.61. The number of hydrogen-bond donors (Lipinski definition) is 15. The molecule has 1 aromatic rings. The van der Waals surface area contributed by atoms with E-state index in [9.17, 15) is 68.1 Å².